The molecule has 2 heteroatoms. The molecule has 2 heterocycles. The number of likely N-dealkylation sites (tertiary alicyclic amines) is 1. The molecule has 0 aromatic carbocycles. The highest BCUT2D eigenvalue weighted by atomic mass is 15.2. The van der Waals surface area contributed by atoms with Crippen molar-refractivity contribution in [2.24, 2.45) is 23.7 Å². The summed E-state index contributed by atoms with van der Waals surface area (Å²) in [6.45, 7) is 10.2. The minimum Gasteiger partial charge on any atom is -0.316 e. The van der Waals surface area contributed by atoms with E-state index >= 15 is 0 Å². The van der Waals surface area contributed by atoms with Crippen LogP contribution in [-0.2, 0) is 0 Å². The quantitative estimate of drug-likeness (QED) is 0.792. The van der Waals surface area contributed by atoms with Crippen LogP contribution in [-0.4, -0.2) is 37.1 Å². The van der Waals surface area contributed by atoms with Crippen LogP contribution in [0.4, 0.5) is 0 Å². The van der Waals surface area contributed by atoms with E-state index in [0.717, 1.165) is 29.7 Å². The Morgan fingerprint density at radius 2 is 1.65 bits per heavy atom. The largest absolute Gasteiger partial charge is 0.316 e. The number of nitrogens with one attached hydrogen (secondary N) is 1. The van der Waals surface area contributed by atoms with Gasteiger partial charge in [-0.2, -0.15) is 0 Å². The van der Waals surface area contributed by atoms with E-state index in [1.807, 2.05) is 0 Å². The molecule has 0 aromatic heterocycles. The highest BCUT2D eigenvalue weighted by molar-refractivity contribution is 4.96. The van der Waals surface area contributed by atoms with Gasteiger partial charge in [0.25, 0.3) is 0 Å². The smallest absolute Gasteiger partial charge is 0.0126 e. The van der Waals surface area contributed by atoms with Crippen LogP contribution in [0.25, 0.3) is 0 Å². The van der Waals surface area contributed by atoms with Crippen molar-refractivity contribution >= 4 is 0 Å². The number of rotatable bonds is 2. The molecule has 2 saturated heterocycles. The van der Waals surface area contributed by atoms with E-state index in [4.69, 9.17) is 0 Å². The average molecular weight is 236 g/mol. The second-order valence-corrected chi connectivity index (χ2v) is 6.89. The summed E-state index contributed by atoms with van der Waals surface area (Å²) in [5.41, 5.74) is 0. The summed E-state index contributed by atoms with van der Waals surface area (Å²) >= 11 is 0. The first-order valence-electron chi connectivity index (χ1n) is 7.70. The fourth-order valence-corrected chi connectivity index (χ4v) is 4.53. The first kappa shape index (κ1) is 12.0. The number of hydrogen-bond donors (Lipinski definition) is 1. The van der Waals surface area contributed by atoms with E-state index in [1.54, 1.807) is 0 Å². The van der Waals surface area contributed by atoms with Crippen molar-refractivity contribution in [1.82, 2.24) is 10.2 Å². The standard InChI is InChI=1S/C15H28N2/c1-11(2)14-5-3-4-6-15(14)17-9-12-7-16-8-13(12)10-17/h11-16H,3-10H2,1-2H3/t12-,13+,14?,15?. The Kier molecular flexibility index (Phi) is 3.45. The summed E-state index contributed by atoms with van der Waals surface area (Å²) in [7, 11) is 0. The molecule has 3 rings (SSSR count). The number of nitrogens with zero attached hydrogens (tertiary/aromatic N) is 1. The normalized spacial score (nSPS) is 43.2. The van der Waals surface area contributed by atoms with Crippen molar-refractivity contribution in [2.45, 2.75) is 45.6 Å². The van der Waals surface area contributed by atoms with Crippen molar-refractivity contribution < 1.29 is 0 Å². The zero-order valence-electron chi connectivity index (χ0n) is 11.5. The predicted molar refractivity (Wildman–Crippen MR) is 72.0 cm³/mol. The van der Waals surface area contributed by atoms with Crippen molar-refractivity contribution in [2.75, 3.05) is 26.2 Å². The maximum Gasteiger partial charge on any atom is 0.0126 e. The second-order valence-electron chi connectivity index (χ2n) is 6.89. The van der Waals surface area contributed by atoms with Gasteiger partial charge in [0, 0.05) is 19.1 Å². The molecule has 3 aliphatic rings. The maximum atomic E-state index is 3.56. The molecular formula is C15H28N2. The summed E-state index contributed by atoms with van der Waals surface area (Å²) in [5, 5.41) is 3.56. The Bertz CT molecular complexity index is 252. The molecule has 2 aliphatic heterocycles. The van der Waals surface area contributed by atoms with Gasteiger partial charge in [0.1, 0.15) is 0 Å². The molecule has 0 radical (unpaired) electrons. The minimum atomic E-state index is 0.874. The molecule has 0 amide bonds. The fraction of sp³-hybridized carbons (Fsp3) is 1.00. The van der Waals surface area contributed by atoms with Crippen LogP contribution < -0.4 is 5.32 Å². The van der Waals surface area contributed by atoms with Crippen LogP contribution in [0.3, 0.4) is 0 Å². The Balaban J connectivity index is 1.66. The molecule has 98 valence electrons. The second kappa shape index (κ2) is 4.89. The minimum absolute atomic E-state index is 0.874. The van der Waals surface area contributed by atoms with Crippen molar-refractivity contribution in [3.63, 3.8) is 0 Å². The average Bonchev–Trinajstić information content (AvgIpc) is 2.88. The molecule has 2 nitrogen and oxygen atoms in total. The predicted octanol–water partition coefficient (Wildman–Crippen LogP) is 2.35. The Morgan fingerprint density at radius 3 is 2.29 bits per heavy atom. The van der Waals surface area contributed by atoms with E-state index < -0.39 is 0 Å². The SMILES string of the molecule is CC(C)C1CCCCC1N1C[C@H]2CNC[C@H]2C1. The first-order valence-corrected chi connectivity index (χ1v) is 7.70. The summed E-state index contributed by atoms with van der Waals surface area (Å²) in [4.78, 5) is 2.86. The molecule has 0 bridgehead atoms. The molecule has 0 aromatic rings. The van der Waals surface area contributed by atoms with Crippen LogP contribution in [0, 0.1) is 23.7 Å². The molecule has 17 heavy (non-hydrogen) atoms. The van der Waals surface area contributed by atoms with E-state index in [1.165, 1.54) is 51.9 Å². The van der Waals surface area contributed by atoms with Gasteiger partial charge in [-0.05, 0) is 49.6 Å². The molecular weight excluding hydrogens is 208 g/mol. The Labute approximate surface area is 106 Å². The molecule has 1 saturated carbocycles. The molecule has 0 spiro atoms. The molecule has 4 atom stereocenters. The zero-order chi connectivity index (χ0) is 11.8. The van der Waals surface area contributed by atoms with Crippen molar-refractivity contribution in [3.05, 3.63) is 0 Å². The third kappa shape index (κ3) is 2.26. The van der Waals surface area contributed by atoms with Gasteiger partial charge in [0.2, 0.25) is 0 Å². The van der Waals surface area contributed by atoms with Crippen LogP contribution >= 0.6 is 0 Å². The number of fused-ring (bicyclic) bond motifs is 1. The van der Waals surface area contributed by atoms with Crippen LogP contribution in [0.5, 0.6) is 0 Å². The Hall–Kier alpha value is -0.0800. The lowest BCUT2D eigenvalue weighted by Crippen LogP contribution is -2.44. The van der Waals surface area contributed by atoms with Gasteiger partial charge in [-0.15, -0.1) is 0 Å². The van der Waals surface area contributed by atoms with Gasteiger partial charge < -0.3 is 5.32 Å². The third-order valence-electron chi connectivity index (χ3n) is 5.52. The van der Waals surface area contributed by atoms with Crippen LogP contribution in [0.2, 0.25) is 0 Å². The summed E-state index contributed by atoms with van der Waals surface area (Å²) < 4.78 is 0. The van der Waals surface area contributed by atoms with Gasteiger partial charge in [0.15, 0.2) is 0 Å². The summed E-state index contributed by atoms with van der Waals surface area (Å²) in [5.74, 6) is 3.77. The number of hydrogen-bond acceptors (Lipinski definition) is 2. The lowest BCUT2D eigenvalue weighted by molar-refractivity contribution is 0.0924. The van der Waals surface area contributed by atoms with E-state index in [0.29, 0.717) is 0 Å². The van der Waals surface area contributed by atoms with Crippen LogP contribution in [0.1, 0.15) is 39.5 Å². The van der Waals surface area contributed by atoms with Crippen molar-refractivity contribution in [1.29, 1.82) is 0 Å². The highest BCUT2D eigenvalue weighted by Crippen LogP contribution is 2.37. The molecule has 1 N–H and O–H groups in total. The van der Waals surface area contributed by atoms with Crippen molar-refractivity contribution in [3.8, 4) is 0 Å². The van der Waals surface area contributed by atoms with Gasteiger partial charge in [-0.1, -0.05) is 26.7 Å². The topological polar surface area (TPSA) is 15.3 Å². The maximum absolute atomic E-state index is 3.56. The molecule has 2 unspecified atom stereocenters. The van der Waals surface area contributed by atoms with Crippen LogP contribution in [0.15, 0.2) is 0 Å². The van der Waals surface area contributed by atoms with Gasteiger partial charge in [-0.25, -0.2) is 0 Å². The molecule has 3 fully saturated rings. The van der Waals surface area contributed by atoms with E-state index in [9.17, 15) is 0 Å². The lowest BCUT2D eigenvalue weighted by atomic mass is 9.77. The van der Waals surface area contributed by atoms with E-state index in [2.05, 4.69) is 24.1 Å². The van der Waals surface area contributed by atoms with E-state index in [-0.39, 0.29) is 0 Å². The highest BCUT2D eigenvalue weighted by Gasteiger charge is 2.41. The summed E-state index contributed by atoms with van der Waals surface area (Å²) in [6.07, 6.45) is 5.89. The lowest BCUT2D eigenvalue weighted by Gasteiger charge is -2.40. The van der Waals surface area contributed by atoms with Gasteiger partial charge in [-0.3, -0.25) is 4.90 Å². The first-order chi connectivity index (χ1) is 8.25. The Morgan fingerprint density at radius 1 is 1.00 bits per heavy atom. The molecule has 1 aliphatic carbocycles. The fourth-order valence-electron chi connectivity index (χ4n) is 4.53. The van der Waals surface area contributed by atoms with Gasteiger partial charge >= 0.3 is 0 Å². The zero-order valence-corrected chi connectivity index (χ0v) is 11.5. The third-order valence-corrected chi connectivity index (χ3v) is 5.52. The van der Waals surface area contributed by atoms with Gasteiger partial charge in [0.05, 0.1) is 0 Å². The monoisotopic (exact) mass is 236 g/mol. The summed E-state index contributed by atoms with van der Waals surface area (Å²) in [6, 6.07) is 0.911.